The monoisotopic (exact) mass is 281 g/mol. The van der Waals surface area contributed by atoms with Crippen molar-refractivity contribution in [3.05, 3.63) is 41.6 Å². The second-order valence-electron chi connectivity index (χ2n) is 4.97. The molecule has 1 aromatic carbocycles. The van der Waals surface area contributed by atoms with Crippen LogP contribution in [0.3, 0.4) is 0 Å². The number of alkyl halides is 3. The lowest BCUT2D eigenvalue weighted by Crippen LogP contribution is -2.15. The third kappa shape index (κ3) is 2.70. The van der Waals surface area contributed by atoms with Gasteiger partial charge in [0.25, 0.3) is 0 Å². The number of hydrogen-bond donors (Lipinski definition) is 2. The van der Waals surface area contributed by atoms with Crippen molar-refractivity contribution in [2.75, 3.05) is 0 Å². The van der Waals surface area contributed by atoms with Gasteiger partial charge < -0.3 is 5.32 Å². The zero-order valence-electron chi connectivity index (χ0n) is 10.7. The van der Waals surface area contributed by atoms with Crippen LogP contribution in [0.4, 0.5) is 13.2 Å². The minimum atomic E-state index is -4.37. The van der Waals surface area contributed by atoms with Gasteiger partial charge in [0, 0.05) is 23.7 Å². The summed E-state index contributed by atoms with van der Waals surface area (Å²) in [6, 6.07) is 6.05. The minimum absolute atomic E-state index is 0.144. The van der Waals surface area contributed by atoms with E-state index in [1.807, 2.05) is 0 Å². The van der Waals surface area contributed by atoms with Crippen molar-refractivity contribution in [2.45, 2.75) is 31.6 Å². The third-order valence-electron chi connectivity index (χ3n) is 3.38. The molecule has 1 aliphatic rings. The summed E-state index contributed by atoms with van der Waals surface area (Å²) >= 11 is 0. The summed E-state index contributed by atoms with van der Waals surface area (Å²) in [6.07, 6.45) is -0.528. The van der Waals surface area contributed by atoms with Crippen LogP contribution in [-0.2, 0) is 12.7 Å². The second kappa shape index (κ2) is 4.94. The second-order valence-corrected chi connectivity index (χ2v) is 4.97. The quantitative estimate of drug-likeness (QED) is 0.902. The van der Waals surface area contributed by atoms with E-state index >= 15 is 0 Å². The van der Waals surface area contributed by atoms with Gasteiger partial charge in [0.1, 0.15) is 0 Å². The van der Waals surface area contributed by atoms with Gasteiger partial charge in [0.15, 0.2) is 0 Å². The Morgan fingerprint density at radius 3 is 2.70 bits per heavy atom. The van der Waals surface area contributed by atoms with Gasteiger partial charge in [-0.05, 0) is 18.9 Å². The number of aromatic nitrogens is 2. The van der Waals surface area contributed by atoms with Gasteiger partial charge in [-0.25, -0.2) is 0 Å². The van der Waals surface area contributed by atoms with Gasteiger partial charge in [-0.1, -0.05) is 18.2 Å². The van der Waals surface area contributed by atoms with Gasteiger partial charge in [0.05, 0.1) is 17.5 Å². The van der Waals surface area contributed by atoms with E-state index in [1.165, 1.54) is 12.1 Å². The van der Waals surface area contributed by atoms with Crippen LogP contribution in [0, 0.1) is 0 Å². The summed E-state index contributed by atoms with van der Waals surface area (Å²) in [5.74, 6) is 0. The standard InChI is InChI=1S/C14H14F3N3/c15-14(16,17)12-4-2-1-3-11(12)13-9(8-19-20-13)7-18-10-5-6-10/h1-4,8,10,18H,5-7H2,(H,19,20). The summed E-state index contributed by atoms with van der Waals surface area (Å²) in [6.45, 7) is 0.530. The number of benzene rings is 1. The van der Waals surface area contributed by atoms with E-state index in [0.29, 0.717) is 18.3 Å². The van der Waals surface area contributed by atoms with Crippen molar-refractivity contribution in [3.63, 3.8) is 0 Å². The normalized spacial score (nSPS) is 15.6. The number of H-pyrrole nitrogens is 1. The van der Waals surface area contributed by atoms with Gasteiger partial charge in [-0.15, -0.1) is 0 Å². The maximum absolute atomic E-state index is 13.0. The molecule has 1 saturated carbocycles. The average molecular weight is 281 g/mol. The SMILES string of the molecule is FC(F)(F)c1ccccc1-c1[nH]ncc1CNC1CC1. The highest BCUT2D eigenvalue weighted by atomic mass is 19.4. The minimum Gasteiger partial charge on any atom is -0.310 e. The lowest BCUT2D eigenvalue weighted by molar-refractivity contribution is -0.137. The maximum atomic E-state index is 13.0. The molecule has 1 aliphatic carbocycles. The van der Waals surface area contributed by atoms with Crippen molar-refractivity contribution >= 4 is 0 Å². The predicted molar refractivity (Wildman–Crippen MR) is 68.9 cm³/mol. The Morgan fingerprint density at radius 1 is 1.25 bits per heavy atom. The Bertz CT molecular complexity index is 600. The largest absolute Gasteiger partial charge is 0.417 e. The topological polar surface area (TPSA) is 40.7 Å². The molecule has 3 rings (SSSR count). The van der Waals surface area contributed by atoms with Gasteiger partial charge in [-0.3, -0.25) is 5.10 Å². The molecular weight excluding hydrogens is 267 g/mol. The molecule has 0 amide bonds. The summed E-state index contributed by atoms with van der Waals surface area (Å²) in [5.41, 5.74) is 0.696. The Morgan fingerprint density at radius 2 is 2.00 bits per heavy atom. The molecule has 106 valence electrons. The van der Waals surface area contributed by atoms with Crippen LogP contribution in [0.25, 0.3) is 11.3 Å². The fourth-order valence-corrected chi connectivity index (χ4v) is 2.17. The molecule has 1 fully saturated rings. The first-order valence-electron chi connectivity index (χ1n) is 6.48. The Balaban J connectivity index is 1.94. The van der Waals surface area contributed by atoms with E-state index in [2.05, 4.69) is 15.5 Å². The van der Waals surface area contributed by atoms with Crippen molar-refractivity contribution < 1.29 is 13.2 Å². The van der Waals surface area contributed by atoms with E-state index in [9.17, 15) is 13.2 Å². The Kier molecular flexibility index (Phi) is 3.25. The first-order valence-corrected chi connectivity index (χ1v) is 6.48. The Hall–Kier alpha value is -1.82. The van der Waals surface area contributed by atoms with E-state index in [1.54, 1.807) is 12.3 Å². The third-order valence-corrected chi connectivity index (χ3v) is 3.38. The zero-order chi connectivity index (χ0) is 14.2. The molecule has 0 saturated heterocycles. The van der Waals surface area contributed by atoms with E-state index < -0.39 is 11.7 Å². The molecule has 3 nitrogen and oxygen atoms in total. The molecule has 2 aromatic rings. The average Bonchev–Trinajstić information content (AvgIpc) is 3.12. The first kappa shape index (κ1) is 13.2. The summed E-state index contributed by atoms with van der Waals surface area (Å²) < 4.78 is 39.1. The first-order chi connectivity index (χ1) is 9.55. The smallest absolute Gasteiger partial charge is 0.310 e. The number of nitrogens with zero attached hydrogens (tertiary/aromatic N) is 1. The lowest BCUT2D eigenvalue weighted by Gasteiger charge is -2.12. The van der Waals surface area contributed by atoms with Crippen LogP contribution < -0.4 is 5.32 Å². The molecule has 2 N–H and O–H groups in total. The number of hydrogen-bond acceptors (Lipinski definition) is 2. The van der Waals surface area contributed by atoms with Crippen molar-refractivity contribution in [2.24, 2.45) is 0 Å². The van der Waals surface area contributed by atoms with Crippen molar-refractivity contribution in [1.29, 1.82) is 0 Å². The maximum Gasteiger partial charge on any atom is 0.417 e. The number of halogens is 3. The van der Waals surface area contributed by atoms with E-state index in [-0.39, 0.29) is 5.56 Å². The van der Waals surface area contributed by atoms with E-state index in [4.69, 9.17) is 0 Å². The van der Waals surface area contributed by atoms with Crippen LogP contribution in [0.1, 0.15) is 24.0 Å². The van der Waals surface area contributed by atoms with Crippen LogP contribution >= 0.6 is 0 Å². The van der Waals surface area contributed by atoms with Crippen LogP contribution in [-0.4, -0.2) is 16.2 Å². The summed E-state index contributed by atoms with van der Waals surface area (Å²) in [7, 11) is 0. The van der Waals surface area contributed by atoms with Gasteiger partial charge in [-0.2, -0.15) is 18.3 Å². The molecule has 0 atom stereocenters. The molecule has 0 unspecified atom stereocenters. The van der Waals surface area contributed by atoms with Gasteiger partial charge in [0.2, 0.25) is 0 Å². The summed E-state index contributed by atoms with van der Waals surface area (Å²) in [4.78, 5) is 0. The molecule has 20 heavy (non-hydrogen) atoms. The molecule has 0 spiro atoms. The number of nitrogens with one attached hydrogen (secondary N) is 2. The number of aromatic amines is 1. The molecule has 1 heterocycles. The number of rotatable bonds is 4. The van der Waals surface area contributed by atoms with E-state index in [0.717, 1.165) is 24.5 Å². The lowest BCUT2D eigenvalue weighted by atomic mass is 10.0. The molecular formula is C14H14F3N3. The molecule has 0 radical (unpaired) electrons. The Labute approximate surface area is 114 Å². The van der Waals surface area contributed by atoms with Crippen molar-refractivity contribution in [1.82, 2.24) is 15.5 Å². The highest BCUT2D eigenvalue weighted by Crippen LogP contribution is 2.37. The highest BCUT2D eigenvalue weighted by molar-refractivity contribution is 5.67. The molecule has 1 aromatic heterocycles. The van der Waals surface area contributed by atoms with Crippen LogP contribution in [0.5, 0.6) is 0 Å². The zero-order valence-corrected chi connectivity index (χ0v) is 10.7. The highest BCUT2D eigenvalue weighted by Gasteiger charge is 2.34. The summed E-state index contributed by atoms with van der Waals surface area (Å²) in [5, 5.41) is 9.86. The molecule has 0 bridgehead atoms. The van der Waals surface area contributed by atoms with Crippen LogP contribution in [0.15, 0.2) is 30.5 Å². The van der Waals surface area contributed by atoms with Crippen LogP contribution in [0.2, 0.25) is 0 Å². The predicted octanol–water partition coefficient (Wildman–Crippen LogP) is 3.35. The molecule has 6 heteroatoms. The van der Waals surface area contributed by atoms with Crippen molar-refractivity contribution in [3.8, 4) is 11.3 Å². The van der Waals surface area contributed by atoms with Gasteiger partial charge >= 0.3 is 6.18 Å². The fraction of sp³-hybridized carbons (Fsp3) is 0.357. The fourth-order valence-electron chi connectivity index (χ4n) is 2.17. The molecule has 0 aliphatic heterocycles.